The van der Waals surface area contributed by atoms with Gasteiger partial charge in [-0.3, -0.25) is 0 Å². The summed E-state index contributed by atoms with van der Waals surface area (Å²) in [5.41, 5.74) is 2.06. The molecule has 0 spiro atoms. The average Bonchev–Trinajstić information content (AvgIpc) is 2.84. The van der Waals surface area contributed by atoms with Gasteiger partial charge < -0.3 is 15.3 Å². The van der Waals surface area contributed by atoms with Crippen LogP contribution in [0.4, 0.5) is 0 Å². The van der Waals surface area contributed by atoms with Crippen LogP contribution in [0.1, 0.15) is 174 Å². The van der Waals surface area contributed by atoms with Crippen LogP contribution in [0.2, 0.25) is 0 Å². The summed E-state index contributed by atoms with van der Waals surface area (Å²) in [5.74, 6) is -1.62. The predicted molar refractivity (Wildman–Crippen MR) is 167 cm³/mol. The number of aliphatic carboxylic acids is 1. The average molecular weight is 545 g/mol. The van der Waals surface area contributed by atoms with E-state index in [1.165, 1.54) is 83.5 Å². The molecule has 39 heavy (non-hydrogen) atoms. The SMILES string of the molecule is CCCCCCCCCCCCCCCCCCC(=C(O)C(=O)O)c1cc(C(C)(C)C)c(O)c(C(C)(C)C)c1. The Labute approximate surface area is 240 Å². The van der Waals surface area contributed by atoms with Gasteiger partial charge in [-0.2, -0.15) is 0 Å². The normalized spacial score (nSPS) is 13.0. The number of unbranched alkanes of at least 4 members (excludes halogenated alkanes) is 15. The Kier molecular flexibility index (Phi) is 15.9. The summed E-state index contributed by atoms with van der Waals surface area (Å²) in [6.45, 7) is 14.5. The van der Waals surface area contributed by atoms with Gasteiger partial charge in [0, 0.05) is 16.7 Å². The third kappa shape index (κ3) is 13.3. The summed E-state index contributed by atoms with van der Waals surface area (Å²) in [6.07, 6.45) is 21.1. The number of carboxylic acids is 1. The second-order valence-electron chi connectivity index (χ2n) is 13.6. The van der Waals surface area contributed by atoms with Crippen LogP contribution in [0.25, 0.3) is 5.57 Å². The number of hydrogen-bond donors (Lipinski definition) is 3. The van der Waals surface area contributed by atoms with Crippen molar-refractivity contribution in [3.63, 3.8) is 0 Å². The number of phenols is 1. The Morgan fingerprint density at radius 2 is 0.949 bits per heavy atom. The van der Waals surface area contributed by atoms with E-state index >= 15 is 0 Å². The van der Waals surface area contributed by atoms with Gasteiger partial charge in [0.2, 0.25) is 5.76 Å². The molecule has 0 aliphatic carbocycles. The third-order valence-electron chi connectivity index (χ3n) is 7.84. The predicted octanol–water partition coefficient (Wildman–Crippen LogP) is 11.0. The fourth-order valence-electron chi connectivity index (χ4n) is 5.33. The minimum Gasteiger partial charge on any atom is -0.507 e. The second kappa shape index (κ2) is 17.7. The van der Waals surface area contributed by atoms with Crippen LogP contribution in [0.15, 0.2) is 17.9 Å². The first-order chi connectivity index (χ1) is 18.3. The summed E-state index contributed by atoms with van der Waals surface area (Å²) in [4.78, 5) is 11.8. The molecule has 0 amide bonds. The minimum atomic E-state index is -1.30. The number of carboxylic acid groups (broad SMARTS) is 1. The van der Waals surface area contributed by atoms with E-state index in [-0.39, 0.29) is 16.6 Å². The Morgan fingerprint density at radius 1 is 0.615 bits per heavy atom. The van der Waals surface area contributed by atoms with Crippen molar-refractivity contribution >= 4 is 11.5 Å². The summed E-state index contributed by atoms with van der Waals surface area (Å²) in [7, 11) is 0. The maximum absolute atomic E-state index is 11.8. The zero-order valence-electron chi connectivity index (χ0n) is 26.4. The standard InChI is InChI=1S/C35H60O4/c1-8-9-10-11-12-13-14-15-16-17-18-19-20-21-22-23-24-28(31(36)33(38)39)27-25-29(34(2,3)4)32(37)30(26-27)35(5,6)7/h25-26,36-37H,8-24H2,1-7H3,(H,38,39). The molecule has 4 heteroatoms. The lowest BCUT2D eigenvalue weighted by molar-refractivity contribution is -0.135. The largest absolute Gasteiger partial charge is 0.507 e. The maximum Gasteiger partial charge on any atom is 0.371 e. The van der Waals surface area contributed by atoms with Crippen LogP contribution < -0.4 is 0 Å². The highest BCUT2D eigenvalue weighted by atomic mass is 16.4. The van der Waals surface area contributed by atoms with Crippen molar-refractivity contribution in [2.45, 2.75) is 168 Å². The molecule has 1 aromatic rings. The molecule has 0 atom stereocenters. The van der Waals surface area contributed by atoms with Crippen molar-refractivity contribution < 1.29 is 20.1 Å². The molecule has 224 valence electrons. The first-order valence-electron chi connectivity index (χ1n) is 15.8. The summed E-state index contributed by atoms with van der Waals surface area (Å²) < 4.78 is 0. The van der Waals surface area contributed by atoms with Crippen LogP contribution in [-0.2, 0) is 15.6 Å². The molecular formula is C35H60O4. The Morgan fingerprint density at radius 3 is 1.26 bits per heavy atom. The molecule has 0 bridgehead atoms. The number of carbonyl (C=O) groups is 1. The lowest BCUT2D eigenvalue weighted by Crippen LogP contribution is -2.18. The molecule has 0 unspecified atom stereocenters. The summed E-state index contributed by atoms with van der Waals surface area (Å²) >= 11 is 0. The summed E-state index contributed by atoms with van der Waals surface area (Å²) in [6, 6.07) is 3.73. The van der Waals surface area contributed by atoms with E-state index in [4.69, 9.17) is 0 Å². The topological polar surface area (TPSA) is 77.8 Å². The Bertz CT molecular complexity index is 848. The van der Waals surface area contributed by atoms with Crippen LogP contribution >= 0.6 is 0 Å². The van der Waals surface area contributed by atoms with Gasteiger partial charge in [-0.25, -0.2) is 4.79 Å². The van der Waals surface area contributed by atoms with Gasteiger partial charge in [0.25, 0.3) is 0 Å². The van der Waals surface area contributed by atoms with E-state index in [1.54, 1.807) is 0 Å². The van der Waals surface area contributed by atoms with Crippen molar-refractivity contribution in [2.24, 2.45) is 0 Å². The molecule has 0 radical (unpaired) electrons. The molecule has 1 aromatic carbocycles. The highest BCUT2D eigenvalue weighted by Crippen LogP contribution is 2.42. The number of hydrogen-bond acceptors (Lipinski definition) is 3. The van der Waals surface area contributed by atoms with Gasteiger partial charge >= 0.3 is 5.97 Å². The molecule has 0 saturated heterocycles. The van der Waals surface area contributed by atoms with E-state index in [2.05, 4.69) is 6.92 Å². The Hall–Kier alpha value is -1.97. The molecule has 3 N–H and O–H groups in total. The lowest BCUT2D eigenvalue weighted by Gasteiger charge is -2.28. The van der Waals surface area contributed by atoms with Crippen molar-refractivity contribution in [2.75, 3.05) is 0 Å². The Balaban J connectivity index is 2.57. The van der Waals surface area contributed by atoms with Gasteiger partial charge in [0.05, 0.1) is 0 Å². The second-order valence-corrected chi connectivity index (χ2v) is 13.6. The number of rotatable bonds is 19. The van der Waals surface area contributed by atoms with E-state index in [1.807, 2.05) is 53.7 Å². The smallest absolute Gasteiger partial charge is 0.371 e. The van der Waals surface area contributed by atoms with E-state index in [9.17, 15) is 20.1 Å². The fraction of sp³-hybridized carbons (Fsp3) is 0.743. The van der Waals surface area contributed by atoms with Crippen molar-refractivity contribution in [1.82, 2.24) is 0 Å². The number of aliphatic hydroxyl groups is 1. The van der Waals surface area contributed by atoms with Crippen LogP contribution in [0.5, 0.6) is 5.75 Å². The molecule has 4 nitrogen and oxygen atoms in total. The molecule has 0 aromatic heterocycles. The zero-order chi connectivity index (χ0) is 29.5. The number of phenolic OH excluding ortho intramolecular Hbond substituents is 1. The van der Waals surface area contributed by atoms with Gasteiger partial charge in [-0.1, -0.05) is 145 Å². The van der Waals surface area contributed by atoms with Crippen molar-refractivity contribution in [3.8, 4) is 5.75 Å². The highest BCUT2D eigenvalue weighted by molar-refractivity contribution is 5.94. The van der Waals surface area contributed by atoms with Crippen LogP contribution in [0, 0.1) is 0 Å². The number of allylic oxidation sites excluding steroid dienone is 1. The molecule has 1 rings (SSSR count). The first-order valence-corrected chi connectivity index (χ1v) is 15.8. The lowest BCUT2D eigenvalue weighted by atomic mass is 9.77. The number of aromatic hydroxyl groups is 1. The summed E-state index contributed by atoms with van der Waals surface area (Å²) in [5, 5.41) is 31.2. The van der Waals surface area contributed by atoms with Gasteiger partial charge in [-0.15, -0.1) is 0 Å². The first kappa shape index (κ1) is 35.1. The van der Waals surface area contributed by atoms with Gasteiger partial charge in [0.15, 0.2) is 0 Å². The highest BCUT2D eigenvalue weighted by Gasteiger charge is 2.28. The van der Waals surface area contributed by atoms with E-state index in [0.717, 1.165) is 30.4 Å². The van der Waals surface area contributed by atoms with Crippen LogP contribution in [-0.4, -0.2) is 21.3 Å². The number of aliphatic hydroxyl groups excluding tert-OH is 1. The minimum absolute atomic E-state index is 0.260. The van der Waals surface area contributed by atoms with Crippen molar-refractivity contribution in [1.29, 1.82) is 0 Å². The zero-order valence-corrected chi connectivity index (χ0v) is 26.4. The molecule has 0 aliphatic heterocycles. The third-order valence-corrected chi connectivity index (χ3v) is 7.84. The molecule has 0 heterocycles. The quantitative estimate of drug-likeness (QED) is 0.0919. The fourth-order valence-corrected chi connectivity index (χ4v) is 5.33. The molecule has 0 fully saturated rings. The van der Waals surface area contributed by atoms with E-state index < -0.39 is 11.7 Å². The monoisotopic (exact) mass is 544 g/mol. The molecular weight excluding hydrogens is 484 g/mol. The maximum atomic E-state index is 11.8. The van der Waals surface area contributed by atoms with E-state index in [0.29, 0.717) is 17.6 Å². The molecule has 0 saturated carbocycles. The number of benzene rings is 1. The van der Waals surface area contributed by atoms with Gasteiger partial charge in [0.1, 0.15) is 5.75 Å². The molecule has 0 aliphatic rings. The van der Waals surface area contributed by atoms with Crippen molar-refractivity contribution in [3.05, 3.63) is 34.6 Å². The van der Waals surface area contributed by atoms with Crippen LogP contribution in [0.3, 0.4) is 0 Å². The van der Waals surface area contributed by atoms with Gasteiger partial charge in [-0.05, 0) is 41.4 Å².